The first kappa shape index (κ1) is 60.1. The molecule has 4 aromatic carbocycles. The predicted molar refractivity (Wildman–Crippen MR) is 278 cm³/mol. The van der Waals surface area contributed by atoms with E-state index >= 15 is 0 Å². The highest BCUT2D eigenvalue weighted by atomic mass is 32.2. The summed E-state index contributed by atoms with van der Waals surface area (Å²) >= 11 is 0. The summed E-state index contributed by atoms with van der Waals surface area (Å²) in [5.74, 6) is 0.823. The average Bonchev–Trinajstić information content (AvgIpc) is 3.92. The van der Waals surface area contributed by atoms with Crippen molar-refractivity contribution in [2.24, 2.45) is 17.3 Å². The number of fused-ring (bicyclic) bond motifs is 4. The van der Waals surface area contributed by atoms with Crippen molar-refractivity contribution >= 4 is 31.6 Å². The number of hydrogen-bond acceptors (Lipinski definition) is 6. The van der Waals surface area contributed by atoms with E-state index in [1.54, 1.807) is 57.1 Å². The van der Waals surface area contributed by atoms with Crippen LogP contribution in [0.1, 0.15) is 173 Å². The van der Waals surface area contributed by atoms with Gasteiger partial charge in [-0.2, -0.15) is 8.61 Å². The van der Waals surface area contributed by atoms with Crippen LogP contribution < -0.4 is 0 Å². The fourth-order valence-electron chi connectivity index (χ4n) is 8.80. The van der Waals surface area contributed by atoms with Crippen LogP contribution in [-0.2, 0) is 32.9 Å². The Morgan fingerprint density at radius 1 is 0.485 bits per heavy atom. The summed E-state index contributed by atoms with van der Waals surface area (Å²) in [5.41, 5.74) is 2.96. The van der Waals surface area contributed by atoms with Crippen molar-refractivity contribution in [1.29, 1.82) is 0 Å². The van der Waals surface area contributed by atoms with Gasteiger partial charge >= 0.3 is 0 Å². The number of Topliss-reactive ketones (excluding diaryl/α,β-unsaturated/α-hetero) is 2. The molecule has 3 heterocycles. The van der Waals surface area contributed by atoms with Crippen LogP contribution in [0.3, 0.4) is 0 Å². The lowest BCUT2D eigenvalue weighted by atomic mass is 9.84. The van der Waals surface area contributed by atoms with Crippen molar-refractivity contribution in [3.8, 4) is 0 Å². The SMILES string of the molecule is CC.CC.CC.CC.CC.CC.O=C(Cc1ccccc1)c1cccc(S(=O)(=O)N2CC3CCC(CC3)C2)c1.O=C(Cc1ccccc1)c1cccc(S(=O)(=O)N2CCC3(CCCC3)C2)c1. The third-order valence-corrected chi connectivity index (χ3v) is 15.6. The highest BCUT2D eigenvalue weighted by Crippen LogP contribution is 2.46. The smallest absolute Gasteiger partial charge is 0.243 e. The Kier molecular flexibility index (Phi) is 29.0. The largest absolute Gasteiger partial charge is 0.294 e. The predicted octanol–water partition coefficient (Wildman–Crippen LogP) is 14.1. The topological polar surface area (TPSA) is 109 Å². The maximum absolute atomic E-state index is 13.2. The number of benzene rings is 4. The number of rotatable bonds is 10. The van der Waals surface area contributed by atoms with Gasteiger partial charge in [0.05, 0.1) is 9.79 Å². The molecule has 5 aliphatic rings. The molecule has 0 radical (unpaired) electrons. The molecule has 1 spiro atoms. The lowest BCUT2D eigenvalue weighted by Crippen LogP contribution is -2.34. The van der Waals surface area contributed by atoms with Gasteiger partial charge in [0, 0.05) is 50.1 Å². The van der Waals surface area contributed by atoms with Crippen LogP contribution in [0.25, 0.3) is 0 Å². The van der Waals surface area contributed by atoms with Gasteiger partial charge in [-0.25, -0.2) is 16.8 Å². The van der Waals surface area contributed by atoms with Crippen molar-refractivity contribution in [2.45, 2.75) is 164 Å². The lowest BCUT2D eigenvalue weighted by Gasteiger charge is -2.23. The Labute approximate surface area is 403 Å². The molecule has 2 aliphatic carbocycles. The second-order valence-electron chi connectivity index (χ2n) is 15.7. The third-order valence-electron chi connectivity index (χ3n) is 12.0. The first-order valence-electron chi connectivity index (χ1n) is 25.4. The van der Waals surface area contributed by atoms with E-state index in [9.17, 15) is 26.4 Å². The van der Waals surface area contributed by atoms with Gasteiger partial charge in [0.1, 0.15) is 0 Å². The van der Waals surface area contributed by atoms with E-state index < -0.39 is 20.0 Å². The molecule has 8 nitrogen and oxygen atoms in total. The molecule has 3 aliphatic heterocycles. The number of hydrogen-bond donors (Lipinski definition) is 0. The first-order valence-corrected chi connectivity index (χ1v) is 28.2. The van der Waals surface area contributed by atoms with Gasteiger partial charge in [0.2, 0.25) is 20.0 Å². The molecule has 9 rings (SSSR count). The van der Waals surface area contributed by atoms with E-state index in [4.69, 9.17) is 0 Å². The quantitative estimate of drug-likeness (QED) is 0.147. The molecule has 2 bridgehead atoms. The lowest BCUT2D eigenvalue weighted by molar-refractivity contribution is 0.0984. The molecule has 0 amide bonds. The van der Waals surface area contributed by atoms with Crippen LogP contribution in [0.4, 0.5) is 0 Å². The van der Waals surface area contributed by atoms with Crippen molar-refractivity contribution in [3.63, 3.8) is 0 Å². The van der Waals surface area contributed by atoms with Crippen molar-refractivity contribution in [1.82, 2.24) is 8.61 Å². The van der Waals surface area contributed by atoms with Crippen molar-refractivity contribution in [2.75, 3.05) is 26.2 Å². The monoisotopic (exact) mass is 947 g/mol. The summed E-state index contributed by atoms with van der Waals surface area (Å²) in [7, 11) is -7.11. The molecule has 0 atom stereocenters. The normalized spacial score (nSPS) is 18.0. The molecule has 2 saturated carbocycles. The van der Waals surface area contributed by atoms with E-state index in [1.165, 1.54) is 12.8 Å². The van der Waals surface area contributed by atoms with Crippen LogP contribution in [-0.4, -0.2) is 63.2 Å². The van der Waals surface area contributed by atoms with Gasteiger partial charge in [-0.05, 0) is 97.6 Å². The molecular formula is C56H86N2O6S2. The van der Waals surface area contributed by atoms with Crippen LogP contribution in [0, 0.1) is 17.3 Å². The molecule has 10 heteroatoms. The van der Waals surface area contributed by atoms with E-state index in [0.29, 0.717) is 49.1 Å². The van der Waals surface area contributed by atoms with Gasteiger partial charge in [0.15, 0.2) is 11.6 Å². The Bertz CT molecular complexity index is 2150. The number of ketones is 2. The Morgan fingerprint density at radius 2 is 0.848 bits per heavy atom. The fraction of sp³-hybridized carbons (Fsp3) is 0.536. The number of sulfonamides is 2. The van der Waals surface area contributed by atoms with Gasteiger partial charge in [-0.3, -0.25) is 9.59 Å². The Balaban J connectivity index is 0.000000539. The molecule has 3 saturated heterocycles. The second kappa shape index (κ2) is 31.9. The third kappa shape index (κ3) is 17.3. The van der Waals surface area contributed by atoms with E-state index in [0.717, 1.165) is 56.1 Å². The molecule has 0 aromatic heterocycles. The number of carbonyl (C=O) groups is 2. The summed E-state index contributed by atoms with van der Waals surface area (Å²) in [6.07, 6.45) is 10.7. The summed E-state index contributed by atoms with van der Waals surface area (Å²) in [5, 5.41) is 0. The second-order valence-corrected chi connectivity index (χ2v) is 19.6. The van der Waals surface area contributed by atoms with Crippen LogP contribution in [0.2, 0.25) is 0 Å². The van der Waals surface area contributed by atoms with Crippen LogP contribution in [0.15, 0.2) is 119 Å². The average molecular weight is 947 g/mol. The minimum Gasteiger partial charge on any atom is -0.294 e. The van der Waals surface area contributed by atoms with Gasteiger partial charge in [0.25, 0.3) is 0 Å². The molecule has 4 aromatic rings. The maximum atomic E-state index is 13.2. The standard InChI is InChI=1S/2C22H25NO3S.6C2H6/c24-21(15-18-7-2-1-3-8-18)19-9-6-10-20(16-19)27(25,26)23-14-13-22(17-23)11-4-5-12-22;24-22(13-17-5-2-1-3-6-17)20-7-4-8-21(14-20)27(25,26)23-15-18-9-10-19(16-23)12-11-18;6*1-2/h1-3,6-10,16H,4-5,11-15,17H2;1-8,14,18-19H,9-13,15-16H2;6*1-2H3. The van der Waals surface area contributed by atoms with Gasteiger partial charge in [-0.15, -0.1) is 0 Å². The highest BCUT2D eigenvalue weighted by molar-refractivity contribution is 7.89. The van der Waals surface area contributed by atoms with Crippen LogP contribution >= 0.6 is 0 Å². The highest BCUT2D eigenvalue weighted by Gasteiger charge is 2.44. The Morgan fingerprint density at radius 3 is 1.23 bits per heavy atom. The van der Waals surface area contributed by atoms with Gasteiger partial charge in [-0.1, -0.05) is 181 Å². The van der Waals surface area contributed by atoms with Crippen molar-refractivity contribution < 1.29 is 26.4 Å². The molecule has 0 N–H and O–H groups in total. The summed E-state index contributed by atoms with van der Waals surface area (Å²) in [6.45, 7) is 26.4. The van der Waals surface area contributed by atoms with Crippen molar-refractivity contribution in [3.05, 3.63) is 131 Å². The number of nitrogens with zero attached hydrogens (tertiary/aromatic N) is 2. The Hall–Kier alpha value is -3.96. The summed E-state index contributed by atoms with van der Waals surface area (Å²) in [4.78, 5) is 25.7. The van der Waals surface area contributed by atoms with Crippen LogP contribution in [0.5, 0.6) is 0 Å². The minimum atomic E-state index is -3.56. The fourth-order valence-corrected chi connectivity index (χ4v) is 12.0. The zero-order chi connectivity index (χ0) is 49.8. The van der Waals surface area contributed by atoms with E-state index in [-0.39, 0.29) is 39.6 Å². The molecule has 5 fully saturated rings. The minimum absolute atomic E-state index is 0.0609. The maximum Gasteiger partial charge on any atom is 0.243 e. The van der Waals surface area contributed by atoms with Gasteiger partial charge < -0.3 is 0 Å². The first-order chi connectivity index (χ1) is 32.0. The molecule has 66 heavy (non-hydrogen) atoms. The zero-order valence-corrected chi connectivity index (χ0v) is 44.4. The summed E-state index contributed by atoms with van der Waals surface area (Å²) < 4.78 is 55.9. The van der Waals surface area contributed by atoms with E-state index in [1.807, 2.05) is 144 Å². The summed E-state index contributed by atoms with van der Waals surface area (Å²) in [6, 6.07) is 32.1. The van der Waals surface area contributed by atoms with E-state index in [2.05, 4.69) is 0 Å². The number of carbonyl (C=O) groups excluding carboxylic acids is 2. The molecular weight excluding hydrogens is 861 g/mol. The molecule has 368 valence electrons. The zero-order valence-electron chi connectivity index (χ0n) is 42.8. The molecule has 0 unspecified atom stereocenters.